The van der Waals surface area contributed by atoms with Gasteiger partial charge in [0.15, 0.2) is 0 Å². The van der Waals surface area contributed by atoms with Gasteiger partial charge in [-0.3, -0.25) is 0 Å². The van der Waals surface area contributed by atoms with Crippen LogP contribution in [0.4, 0.5) is 5.82 Å². The van der Waals surface area contributed by atoms with Gasteiger partial charge in [0.2, 0.25) is 0 Å². The molecule has 1 aliphatic rings. The van der Waals surface area contributed by atoms with Crippen molar-refractivity contribution in [1.82, 2.24) is 4.98 Å². The topological polar surface area (TPSA) is 59.1 Å². The highest BCUT2D eigenvalue weighted by molar-refractivity contribution is 5.43. The van der Waals surface area contributed by atoms with Crippen LogP contribution >= 0.6 is 0 Å². The van der Waals surface area contributed by atoms with Crippen LogP contribution in [-0.2, 0) is 5.60 Å². The number of hydrogen-bond acceptors (Lipinski definition) is 3. The highest BCUT2D eigenvalue weighted by Crippen LogP contribution is 2.44. The average molecular weight is 220 g/mol. The highest BCUT2D eigenvalue weighted by atomic mass is 16.3. The van der Waals surface area contributed by atoms with Gasteiger partial charge in [-0.15, -0.1) is 0 Å². The van der Waals surface area contributed by atoms with E-state index in [0.717, 1.165) is 24.8 Å². The van der Waals surface area contributed by atoms with E-state index in [2.05, 4.69) is 18.8 Å². The Morgan fingerprint density at radius 1 is 1.50 bits per heavy atom. The number of nitrogens with two attached hydrogens (primary N) is 1. The number of hydrogen-bond donors (Lipinski definition) is 2. The molecule has 1 aromatic heterocycles. The fourth-order valence-electron chi connectivity index (χ4n) is 2.81. The Balaban J connectivity index is 2.35. The molecule has 16 heavy (non-hydrogen) atoms. The summed E-state index contributed by atoms with van der Waals surface area (Å²) in [7, 11) is 0. The van der Waals surface area contributed by atoms with Crippen LogP contribution in [0.15, 0.2) is 18.3 Å². The molecular formula is C13H20N2O. The van der Waals surface area contributed by atoms with E-state index >= 15 is 0 Å². The summed E-state index contributed by atoms with van der Waals surface area (Å²) in [5.74, 6) is 1.39. The first-order valence-corrected chi connectivity index (χ1v) is 5.97. The lowest BCUT2D eigenvalue weighted by Crippen LogP contribution is -2.39. The summed E-state index contributed by atoms with van der Waals surface area (Å²) in [6.07, 6.45) is 4.55. The Morgan fingerprint density at radius 2 is 2.25 bits per heavy atom. The largest absolute Gasteiger partial charge is 0.385 e. The number of rotatable bonds is 1. The standard InChI is InChI=1S/C13H20N2O/c1-9-5-6-13(16,10(2)8-9)11-4-3-7-15-12(11)14/h3-4,7,9-10,16H,5-6,8H2,1-2H3,(H2,14,15). The van der Waals surface area contributed by atoms with Crippen molar-refractivity contribution in [2.24, 2.45) is 11.8 Å². The molecule has 3 heteroatoms. The molecule has 2 rings (SSSR count). The van der Waals surface area contributed by atoms with Crippen LogP contribution in [0.3, 0.4) is 0 Å². The van der Waals surface area contributed by atoms with Crippen molar-refractivity contribution in [2.45, 2.75) is 38.7 Å². The van der Waals surface area contributed by atoms with E-state index in [0.29, 0.717) is 11.7 Å². The minimum atomic E-state index is -0.787. The van der Waals surface area contributed by atoms with E-state index in [4.69, 9.17) is 5.73 Å². The molecule has 3 nitrogen and oxygen atoms in total. The third-order valence-electron chi connectivity index (χ3n) is 3.89. The van der Waals surface area contributed by atoms with E-state index in [1.165, 1.54) is 0 Å². The third kappa shape index (κ3) is 1.80. The minimum Gasteiger partial charge on any atom is -0.385 e. The lowest BCUT2D eigenvalue weighted by molar-refractivity contribution is -0.0583. The van der Waals surface area contributed by atoms with Crippen molar-refractivity contribution in [3.63, 3.8) is 0 Å². The molecule has 0 amide bonds. The zero-order chi connectivity index (χ0) is 11.8. The van der Waals surface area contributed by atoms with Gasteiger partial charge in [-0.2, -0.15) is 0 Å². The Bertz CT molecular complexity index is 380. The number of nitrogen functional groups attached to an aromatic ring is 1. The van der Waals surface area contributed by atoms with Gasteiger partial charge in [-0.05, 0) is 37.2 Å². The van der Waals surface area contributed by atoms with Gasteiger partial charge in [-0.1, -0.05) is 19.9 Å². The molecule has 1 heterocycles. The van der Waals surface area contributed by atoms with Crippen LogP contribution in [0.5, 0.6) is 0 Å². The fraction of sp³-hybridized carbons (Fsp3) is 0.615. The van der Waals surface area contributed by atoms with Gasteiger partial charge in [0.1, 0.15) is 5.82 Å². The van der Waals surface area contributed by atoms with E-state index in [1.807, 2.05) is 12.1 Å². The Kier molecular flexibility index (Phi) is 2.89. The maximum Gasteiger partial charge on any atom is 0.129 e. The molecule has 0 bridgehead atoms. The SMILES string of the molecule is CC1CCC(O)(c2cccnc2N)C(C)C1. The number of anilines is 1. The Morgan fingerprint density at radius 3 is 2.88 bits per heavy atom. The van der Waals surface area contributed by atoms with Crippen molar-refractivity contribution in [2.75, 3.05) is 5.73 Å². The number of aliphatic hydroxyl groups is 1. The van der Waals surface area contributed by atoms with Gasteiger partial charge >= 0.3 is 0 Å². The molecule has 3 atom stereocenters. The van der Waals surface area contributed by atoms with Gasteiger partial charge in [0.05, 0.1) is 5.60 Å². The maximum atomic E-state index is 10.8. The second-order valence-corrected chi connectivity index (χ2v) is 5.14. The Hall–Kier alpha value is -1.09. The van der Waals surface area contributed by atoms with E-state index in [9.17, 15) is 5.11 Å². The third-order valence-corrected chi connectivity index (χ3v) is 3.89. The molecule has 0 aromatic carbocycles. The van der Waals surface area contributed by atoms with Gasteiger partial charge in [0.25, 0.3) is 0 Å². The molecular weight excluding hydrogens is 200 g/mol. The first-order chi connectivity index (χ1) is 7.54. The van der Waals surface area contributed by atoms with Crippen molar-refractivity contribution < 1.29 is 5.11 Å². The number of nitrogens with zero attached hydrogens (tertiary/aromatic N) is 1. The summed E-state index contributed by atoms with van der Waals surface area (Å²) in [4.78, 5) is 4.07. The van der Waals surface area contributed by atoms with Gasteiger partial charge < -0.3 is 10.8 Å². The molecule has 1 fully saturated rings. The van der Waals surface area contributed by atoms with Crippen molar-refractivity contribution in [1.29, 1.82) is 0 Å². The van der Waals surface area contributed by atoms with E-state index in [-0.39, 0.29) is 5.92 Å². The smallest absolute Gasteiger partial charge is 0.129 e. The number of pyridine rings is 1. The van der Waals surface area contributed by atoms with Crippen molar-refractivity contribution >= 4 is 5.82 Å². The van der Waals surface area contributed by atoms with Crippen LogP contribution in [0.1, 0.15) is 38.7 Å². The zero-order valence-corrected chi connectivity index (χ0v) is 9.98. The Labute approximate surface area is 96.7 Å². The molecule has 3 N–H and O–H groups in total. The molecule has 0 spiro atoms. The fourth-order valence-corrected chi connectivity index (χ4v) is 2.81. The minimum absolute atomic E-state index is 0.239. The second-order valence-electron chi connectivity index (χ2n) is 5.14. The van der Waals surface area contributed by atoms with Crippen LogP contribution in [0.25, 0.3) is 0 Å². The molecule has 0 saturated heterocycles. The molecule has 1 aromatic rings. The first-order valence-electron chi connectivity index (χ1n) is 5.97. The van der Waals surface area contributed by atoms with Crippen LogP contribution < -0.4 is 5.73 Å². The van der Waals surface area contributed by atoms with Crippen LogP contribution in [-0.4, -0.2) is 10.1 Å². The summed E-state index contributed by atoms with van der Waals surface area (Å²) in [6, 6.07) is 3.74. The molecule has 1 aliphatic carbocycles. The summed E-state index contributed by atoms with van der Waals surface area (Å²) in [5.41, 5.74) is 5.88. The average Bonchev–Trinajstić information content (AvgIpc) is 2.25. The molecule has 0 radical (unpaired) electrons. The highest BCUT2D eigenvalue weighted by Gasteiger charge is 2.41. The second kappa shape index (κ2) is 4.06. The molecule has 3 unspecified atom stereocenters. The van der Waals surface area contributed by atoms with E-state index < -0.39 is 5.60 Å². The summed E-state index contributed by atoms with van der Waals surface area (Å²) in [6.45, 7) is 4.34. The summed E-state index contributed by atoms with van der Waals surface area (Å²) >= 11 is 0. The predicted molar refractivity (Wildman–Crippen MR) is 64.7 cm³/mol. The van der Waals surface area contributed by atoms with E-state index in [1.54, 1.807) is 6.20 Å². The first kappa shape index (κ1) is 11.4. The summed E-state index contributed by atoms with van der Waals surface area (Å²) in [5, 5.41) is 10.8. The van der Waals surface area contributed by atoms with Gasteiger partial charge in [-0.25, -0.2) is 4.98 Å². The molecule has 88 valence electrons. The van der Waals surface area contributed by atoms with Crippen LogP contribution in [0, 0.1) is 11.8 Å². The maximum absolute atomic E-state index is 10.8. The molecule has 0 aliphatic heterocycles. The monoisotopic (exact) mass is 220 g/mol. The quantitative estimate of drug-likeness (QED) is 0.763. The summed E-state index contributed by atoms with van der Waals surface area (Å²) < 4.78 is 0. The lowest BCUT2D eigenvalue weighted by atomic mass is 9.69. The predicted octanol–water partition coefficient (Wildman–Crippen LogP) is 2.31. The lowest BCUT2D eigenvalue weighted by Gasteiger charge is -2.41. The molecule has 1 saturated carbocycles. The number of aromatic nitrogens is 1. The van der Waals surface area contributed by atoms with Gasteiger partial charge in [0, 0.05) is 11.8 Å². The van der Waals surface area contributed by atoms with Crippen molar-refractivity contribution in [3.05, 3.63) is 23.9 Å². The normalized spacial score (nSPS) is 34.9. The van der Waals surface area contributed by atoms with Crippen LogP contribution in [0.2, 0.25) is 0 Å². The van der Waals surface area contributed by atoms with Crippen molar-refractivity contribution in [3.8, 4) is 0 Å². The zero-order valence-electron chi connectivity index (χ0n) is 9.98.